The van der Waals surface area contributed by atoms with Gasteiger partial charge in [0.25, 0.3) is 5.91 Å². The van der Waals surface area contributed by atoms with Gasteiger partial charge in [-0.15, -0.1) is 11.3 Å². The normalized spacial score (nSPS) is 11.1. The van der Waals surface area contributed by atoms with Gasteiger partial charge >= 0.3 is 6.09 Å². The van der Waals surface area contributed by atoms with Crippen molar-refractivity contribution >= 4 is 42.8 Å². The van der Waals surface area contributed by atoms with E-state index in [-0.39, 0.29) is 12.5 Å². The van der Waals surface area contributed by atoms with Crippen LogP contribution in [0.15, 0.2) is 60.0 Å². The molecule has 6 nitrogen and oxygen atoms in total. The van der Waals surface area contributed by atoms with E-state index in [1.165, 1.54) is 0 Å². The first-order valence-electron chi connectivity index (χ1n) is 9.95. The van der Waals surface area contributed by atoms with Gasteiger partial charge in [-0.3, -0.25) is 4.79 Å². The van der Waals surface area contributed by atoms with Gasteiger partial charge in [-0.2, -0.15) is 0 Å². The number of amides is 2. The predicted molar refractivity (Wildman–Crippen MR) is 130 cm³/mol. The first-order chi connectivity index (χ1) is 14.7. The number of benzene rings is 2. The van der Waals surface area contributed by atoms with Crippen LogP contribution >= 0.6 is 11.3 Å². The number of carbonyl (C=O) groups is 2. The minimum absolute atomic E-state index is 0.148. The molecule has 0 saturated heterocycles. The maximum Gasteiger partial charge on any atom is 0.407 e. The van der Waals surface area contributed by atoms with Gasteiger partial charge in [-0.25, -0.2) is 4.79 Å². The molecule has 0 atom stereocenters. The molecule has 31 heavy (non-hydrogen) atoms. The molecule has 3 aromatic rings. The first-order valence-corrected chi connectivity index (χ1v) is 14.5. The molecule has 2 amide bonds. The maximum atomic E-state index is 12.7. The molecule has 0 fully saturated rings. The molecule has 0 aliphatic rings. The number of nitrogens with one attached hydrogen (secondary N) is 2. The molecule has 2 aromatic carbocycles. The van der Waals surface area contributed by atoms with Gasteiger partial charge in [-0.05, 0) is 46.8 Å². The number of rotatable bonds is 7. The van der Waals surface area contributed by atoms with Gasteiger partial charge in [0.2, 0.25) is 0 Å². The topological polar surface area (TPSA) is 93.4 Å². The van der Waals surface area contributed by atoms with Crippen LogP contribution in [0.1, 0.15) is 15.9 Å². The zero-order valence-corrected chi connectivity index (χ0v) is 19.7. The number of anilines is 2. The molecule has 4 N–H and O–H groups in total. The van der Waals surface area contributed by atoms with Crippen LogP contribution < -0.4 is 16.4 Å². The van der Waals surface area contributed by atoms with E-state index >= 15 is 0 Å². The van der Waals surface area contributed by atoms with Crippen molar-refractivity contribution in [1.82, 2.24) is 5.32 Å². The Morgan fingerprint density at radius 2 is 1.81 bits per heavy atom. The summed E-state index contributed by atoms with van der Waals surface area (Å²) in [6, 6.07) is 16.5. The fraction of sp³-hybridized carbons (Fsp3) is 0.217. The quantitative estimate of drug-likeness (QED) is 0.332. The van der Waals surface area contributed by atoms with E-state index in [4.69, 9.17) is 10.5 Å². The Balaban J connectivity index is 1.58. The highest BCUT2D eigenvalue weighted by Crippen LogP contribution is 2.30. The van der Waals surface area contributed by atoms with Crippen LogP contribution in [0.4, 0.5) is 16.2 Å². The van der Waals surface area contributed by atoms with Crippen molar-refractivity contribution in [3.63, 3.8) is 0 Å². The second kappa shape index (κ2) is 9.80. The van der Waals surface area contributed by atoms with Gasteiger partial charge in [0.05, 0.1) is 19.4 Å². The third-order valence-corrected chi connectivity index (χ3v) is 6.61. The van der Waals surface area contributed by atoms with Crippen molar-refractivity contribution in [1.29, 1.82) is 0 Å². The second-order valence-electron chi connectivity index (χ2n) is 8.42. The van der Waals surface area contributed by atoms with Gasteiger partial charge in [-0.1, -0.05) is 43.9 Å². The molecule has 0 bridgehead atoms. The van der Waals surface area contributed by atoms with Crippen LogP contribution in [0.3, 0.4) is 0 Å². The van der Waals surface area contributed by atoms with Crippen molar-refractivity contribution in [2.45, 2.75) is 26.2 Å². The molecule has 0 spiro atoms. The van der Waals surface area contributed by atoms with Crippen LogP contribution in [-0.2, 0) is 11.3 Å². The molecule has 0 aliphatic carbocycles. The highest BCUT2D eigenvalue weighted by Gasteiger charge is 2.15. The summed E-state index contributed by atoms with van der Waals surface area (Å²) in [6.07, 6.45) is 0.243. The summed E-state index contributed by atoms with van der Waals surface area (Å²) in [5, 5.41) is 7.68. The number of ether oxygens (including phenoxy) is 1. The van der Waals surface area contributed by atoms with Gasteiger partial charge in [0, 0.05) is 16.6 Å². The van der Waals surface area contributed by atoms with Crippen LogP contribution in [0.25, 0.3) is 10.4 Å². The molecule has 0 radical (unpaired) electrons. The molecule has 8 heteroatoms. The van der Waals surface area contributed by atoms with Crippen molar-refractivity contribution < 1.29 is 14.3 Å². The lowest BCUT2D eigenvalue weighted by molar-refractivity contribution is 0.102. The highest BCUT2D eigenvalue weighted by atomic mass is 32.1. The van der Waals surface area contributed by atoms with E-state index in [2.05, 4.69) is 30.3 Å². The zero-order chi connectivity index (χ0) is 22.4. The molecular formula is C23H27N3O3SSi. The predicted octanol–water partition coefficient (Wildman–Crippen LogP) is 5.35. The number of hydrogen-bond donors (Lipinski definition) is 3. The van der Waals surface area contributed by atoms with E-state index < -0.39 is 14.2 Å². The lowest BCUT2D eigenvalue weighted by Crippen LogP contribution is -2.39. The molecule has 0 unspecified atom stereocenters. The smallest absolute Gasteiger partial charge is 0.407 e. The third-order valence-electron chi connectivity index (χ3n) is 4.46. The van der Waals surface area contributed by atoms with Crippen LogP contribution in [0, 0.1) is 0 Å². The average molecular weight is 454 g/mol. The number of carbonyl (C=O) groups excluding carboxylic acids is 2. The molecular weight excluding hydrogens is 426 g/mol. The summed E-state index contributed by atoms with van der Waals surface area (Å²) in [6.45, 7) is 6.66. The average Bonchev–Trinajstić information content (AvgIpc) is 3.27. The van der Waals surface area contributed by atoms with Crippen LogP contribution in [0.2, 0.25) is 19.6 Å². The van der Waals surface area contributed by atoms with E-state index in [0.717, 1.165) is 16.0 Å². The van der Waals surface area contributed by atoms with Crippen molar-refractivity contribution in [2.24, 2.45) is 0 Å². The largest absolute Gasteiger partial charge is 0.445 e. The highest BCUT2D eigenvalue weighted by molar-refractivity contribution is 7.13. The minimum Gasteiger partial charge on any atom is -0.445 e. The summed E-state index contributed by atoms with van der Waals surface area (Å²) in [4.78, 5) is 25.6. The third kappa shape index (κ3) is 6.70. The van der Waals surface area contributed by atoms with E-state index in [0.29, 0.717) is 23.1 Å². The standard InChI is InChI=1S/C23H27N3O3SSi/c1-31(2,3)15-25-23(28)29-14-16-6-8-17(9-7-16)22(27)26-20-13-18(10-11-19(20)24)21-5-4-12-30-21/h4-13H,14-15,24H2,1-3H3,(H,25,28)(H,26,27). The number of nitrogens with two attached hydrogens (primary N) is 1. The van der Waals surface area contributed by atoms with E-state index in [9.17, 15) is 9.59 Å². The fourth-order valence-corrected chi connectivity index (χ4v) is 4.14. The lowest BCUT2D eigenvalue weighted by atomic mass is 10.1. The summed E-state index contributed by atoms with van der Waals surface area (Å²) in [7, 11) is -1.37. The summed E-state index contributed by atoms with van der Waals surface area (Å²) < 4.78 is 5.24. The number of thiophene rings is 1. The molecule has 3 rings (SSSR count). The summed E-state index contributed by atoms with van der Waals surface area (Å²) in [5.74, 6) is -0.254. The van der Waals surface area contributed by atoms with E-state index in [1.54, 1.807) is 41.7 Å². The second-order valence-corrected chi connectivity index (χ2v) is 14.8. The molecule has 162 valence electrons. The Kier molecular flexibility index (Phi) is 7.14. The van der Waals surface area contributed by atoms with Gasteiger partial charge in [0.15, 0.2) is 0 Å². The van der Waals surface area contributed by atoms with E-state index in [1.807, 2.05) is 29.6 Å². The monoisotopic (exact) mass is 453 g/mol. The van der Waals surface area contributed by atoms with Crippen molar-refractivity contribution in [3.8, 4) is 10.4 Å². The summed E-state index contributed by atoms with van der Waals surface area (Å²) in [5.41, 5.74) is 9.42. The number of hydrogen-bond acceptors (Lipinski definition) is 5. The zero-order valence-electron chi connectivity index (χ0n) is 17.9. The Hall–Kier alpha value is -3.10. The lowest BCUT2D eigenvalue weighted by Gasteiger charge is -2.16. The molecule has 0 aliphatic heterocycles. The Labute approximate surface area is 187 Å². The van der Waals surface area contributed by atoms with Crippen LogP contribution in [-0.4, -0.2) is 26.2 Å². The fourth-order valence-electron chi connectivity index (χ4n) is 2.74. The van der Waals surface area contributed by atoms with Gasteiger partial charge in [0.1, 0.15) is 6.61 Å². The first kappa shape index (κ1) is 22.6. The van der Waals surface area contributed by atoms with Crippen LogP contribution in [0.5, 0.6) is 0 Å². The SMILES string of the molecule is C[Si](C)(C)CNC(=O)OCc1ccc(C(=O)Nc2cc(-c3cccs3)ccc2N)cc1. The maximum absolute atomic E-state index is 12.7. The van der Waals surface area contributed by atoms with Crippen molar-refractivity contribution in [3.05, 3.63) is 71.1 Å². The van der Waals surface area contributed by atoms with Crippen molar-refractivity contribution in [2.75, 3.05) is 17.2 Å². The number of nitrogen functional groups attached to an aromatic ring is 1. The molecule has 1 heterocycles. The Morgan fingerprint density at radius 3 is 2.45 bits per heavy atom. The molecule has 1 aromatic heterocycles. The minimum atomic E-state index is -1.37. The Bertz CT molecular complexity index is 1040. The van der Waals surface area contributed by atoms with Gasteiger partial charge < -0.3 is 21.1 Å². The Morgan fingerprint density at radius 1 is 1.06 bits per heavy atom. The molecule has 0 saturated carbocycles. The summed E-state index contributed by atoms with van der Waals surface area (Å²) >= 11 is 1.63. The number of alkyl carbamates (subject to hydrolysis) is 1.